The third-order valence-corrected chi connectivity index (χ3v) is 3.42. The largest absolute Gasteiger partial charge is 0.370 e. The third-order valence-electron chi connectivity index (χ3n) is 2.69. The minimum absolute atomic E-state index is 0.402. The summed E-state index contributed by atoms with van der Waals surface area (Å²) in [6.07, 6.45) is 6.62. The number of guanidine groups is 1. The fourth-order valence-corrected chi connectivity index (χ4v) is 2.38. The molecule has 1 fully saturated rings. The van der Waals surface area contributed by atoms with Crippen molar-refractivity contribution in [3.63, 3.8) is 0 Å². The molecule has 0 aromatic rings. The van der Waals surface area contributed by atoms with Crippen LogP contribution in [0.25, 0.3) is 0 Å². The Morgan fingerprint density at radius 2 is 2.06 bits per heavy atom. The second-order valence-corrected chi connectivity index (χ2v) is 6.25. The van der Waals surface area contributed by atoms with Crippen LogP contribution in [0.2, 0.25) is 0 Å². The molecule has 0 saturated heterocycles. The number of hydrogen-bond acceptors (Lipinski definition) is 3. The highest BCUT2D eigenvalue weighted by Gasteiger charge is 2.14. The second kappa shape index (κ2) is 6.80. The first-order valence-electron chi connectivity index (χ1n) is 5.98. The molecule has 7 heteroatoms. The van der Waals surface area contributed by atoms with E-state index in [0.717, 1.165) is 19.1 Å². The van der Waals surface area contributed by atoms with Crippen LogP contribution in [0.3, 0.4) is 0 Å². The van der Waals surface area contributed by atoms with Gasteiger partial charge in [0.2, 0.25) is 10.0 Å². The van der Waals surface area contributed by atoms with Crippen LogP contribution in [0, 0.1) is 0 Å². The van der Waals surface area contributed by atoms with Gasteiger partial charge in [-0.2, -0.15) is 0 Å². The molecule has 1 aliphatic carbocycles. The van der Waals surface area contributed by atoms with Crippen molar-refractivity contribution in [2.45, 2.75) is 38.1 Å². The molecule has 4 N–H and O–H groups in total. The maximum Gasteiger partial charge on any atom is 0.208 e. The Hall–Kier alpha value is -0.820. The van der Waals surface area contributed by atoms with Gasteiger partial charge >= 0.3 is 0 Å². The van der Waals surface area contributed by atoms with Crippen LogP contribution in [0.5, 0.6) is 0 Å². The van der Waals surface area contributed by atoms with Crippen molar-refractivity contribution >= 4 is 16.0 Å². The molecule has 0 aromatic carbocycles. The Morgan fingerprint density at radius 1 is 1.41 bits per heavy atom. The van der Waals surface area contributed by atoms with Gasteiger partial charge in [-0.1, -0.05) is 12.8 Å². The molecule has 1 rings (SSSR count). The molecule has 0 spiro atoms. The Kier molecular flexibility index (Phi) is 5.70. The third kappa shape index (κ3) is 7.17. The van der Waals surface area contributed by atoms with Gasteiger partial charge in [-0.25, -0.2) is 13.1 Å². The van der Waals surface area contributed by atoms with Gasteiger partial charge in [0.05, 0.1) is 6.26 Å². The smallest absolute Gasteiger partial charge is 0.208 e. The molecule has 0 unspecified atom stereocenters. The van der Waals surface area contributed by atoms with Crippen molar-refractivity contribution in [2.75, 3.05) is 19.3 Å². The number of rotatable bonds is 6. The summed E-state index contributed by atoms with van der Waals surface area (Å²) in [5.74, 6) is 0.469. The lowest BCUT2D eigenvalue weighted by Crippen LogP contribution is -2.38. The number of nitrogens with one attached hydrogen (secondary N) is 2. The van der Waals surface area contributed by atoms with Crippen molar-refractivity contribution in [3.8, 4) is 0 Å². The highest BCUT2D eigenvalue weighted by atomic mass is 32.2. The van der Waals surface area contributed by atoms with E-state index < -0.39 is 10.0 Å². The number of nitrogens with two attached hydrogens (primary N) is 1. The number of nitrogens with zero attached hydrogens (tertiary/aromatic N) is 1. The zero-order valence-electron chi connectivity index (χ0n) is 10.3. The topological polar surface area (TPSA) is 96.6 Å². The van der Waals surface area contributed by atoms with E-state index in [-0.39, 0.29) is 0 Å². The van der Waals surface area contributed by atoms with E-state index in [1.165, 1.54) is 12.8 Å². The van der Waals surface area contributed by atoms with Crippen LogP contribution in [-0.2, 0) is 10.0 Å². The van der Waals surface area contributed by atoms with Gasteiger partial charge < -0.3 is 11.1 Å². The minimum Gasteiger partial charge on any atom is -0.370 e. The monoisotopic (exact) mass is 262 g/mol. The maximum atomic E-state index is 10.8. The molecule has 0 heterocycles. The molecule has 0 amide bonds. The molecule has 6 nitrogen and oxygen atoms in total. The lowest BCUT2D eigenvalue weighted by molar-refractivity contribution is 0.585. The van der Waals surface area contributed by atoms with Gasteiger partial charge in [-0.05, 0) is 19.3 Å². The molecular formula is C10H22N4O2S. The fraction of sp³-hybridized carbons (Fsp3) is 0.900. The highest BCUT2D eigenvalue weighted by Crippen LogP contribution is 2.17. The number of sulfonamides is 1. The standard InChI is InChI=1S/C10H22N4O2S/c1-17(15,16)13-8-4-7-12-10(11)14-9-5-2-3-6-9/h9,13H,2-8H2,1H3,(H3,11,12,14). The molecule has 0 radical (unpaired) electrons. The summed E-state index contributed by atoms with van der Waals surface area (Å²) < 4.78 is 24.0. The van der Waals surface area contributed by atoms with E-state index in [1.807, 2.05) is 0 Å². The Bertz CT molecular complexity index is 347. The van der Waals surface area contributed by atoms with Gasteiger partial charge in [0.1, 0.15) is 0 Å². The van der Waals surface area contributed by atoms with Gasteiger partial charge in [0.15, 0.2) is 5.96 Å². The first-order chi connectivity index (χ1) is 7.97. The lowest BCUT2D eigenvalue weighted by atomic mass is 10.2. The van der Waals surface area contributed by atoms with Gasteiger partial charge in [0.25, 0.3) is 0 Å². The van der Waals surface area contributed by atoms with Crippen molar-refractivity contribution in [3.05, 3.63) is 0 Å². The summed E-state index contributed by atoms with van der Waals surface area (Å²) in [6, 6.07) is 0.466. The Labute approximate surface area is 103 Å². The highest BCUT2D eigenvalue weighted by molar-refractivity contribution is 7.88. The van der Waals surface area contributed by atoms with Crippen LogP contribution in [0.15, 0.2) is 4.99 Å². The fourth-order valence-electron chi connectivity index (χ4n) is 1.86. The van der Waals surface area contributed by atoms with E-state index in [9.17, 15) is 8.42 Å². The lowest BCUT2D eigenvalue weighted by Gasteiger charge is -2.12. The number of hydrogen-bond donors (Lipinski definition) is 3. The summed E-state index contributed by atoms with van der Waals surface area (Å²) in [7, 11) is -3.09. The molecule has 0 aliphatic heterocycles. The maximum absolute atomic E-state index is 10.8. The van der Waals surface area contributed by atoms with Crippen LogP contribution >= 0.6 is 0 Å². The summed E-state index contributed by atoms with van der Waals surface area (Å²) in [6.45, 7) is 0.938. The quantitative estimate of drug-likeness (QED) is 0.350. The molecule has 0 aromatic heterocycles. The summed E-state index contributed by atoms with van der Waals surface area (Å²) in [5.41, 5.74) is 5.72. The van der Waals surface area contributed by atoms with Crippen molar-refractivity contribution in [2.24, 2.45) is 10.7 Å². The zero-order chi connectivity index (χ0) is 12.7. The van der Waals surface area contributed by atoms with Crippen molar-refractivity contribution in [1.82, 2.24) is 10.0 Å². The average molecular weight is 262 g/mol. The van der Waals surface area contributed by atoms with Crippen molar-refractivity contribution in [1.29, 1.82) is 0 Å². The summed E-state index contributed by atoms with van der Waals surface area (Å²) >= 11 is 0. The first kappa shape index (κ1) is 14.2. The van der Waals surface area contributed by atoms with E-state index in [4.69, 9.17) is 5.73 Å². The van der Waals surface area contributed by atoms with E-state index in [2.05, 4.69) is 15.0 Å². The number of aliphatic imine (C=N–C) groups is 1. The Morgan fingerprint density at radius 3 is 2.65 bits per heavy atom. The first-order valence-corrected chi connectivity index (χ1v) is 7.87. The van der Waals surface area contributed by atoms with Crippen LogP contribution in [0.4, 0.5) is 0 Å². The second-order valence-electron chi connectivity index (χ2n) is 4.41. The molecule has 1 aliphatic rings. The summed E-state index contributed by atoms with van der Waals surface area (Å²) in [4.78, 5) is 4.16. The van der Waals surface area contributed by atoms with E-state index in [1.54, 1.807) is 0 Å². The predicted octanol–water partition coefficient (Wildman–Crippen LogP) is -0.227. The van der Waals surface area contributed by atoms with Crippen LogP contribution in [-0.4, -0.2) is 39.8 Å². The van der Waals surface area contributed by atoms with Crippen LogP contribution < -0.4 is 15.8 Å². The molecular weight excluding hydrogens is 240 g/mol. The van der Waals surface area contributed by atoms with E-state index >= 15 is 0 Å². The summed E-state index contributed by atoms with van der Waals surface area (Å²) in [5, 5.41) is 3.18. The molecule has 1 saturated carbocycles. The van der Waals surface area contributed by atoms with Gasteiger partial charge in [0, 0.05) is 19.1 Å². The van der Waals surface area contributed by atoms with Gasteiger partial charge in [-0.3, -0.25) is 4.99 Å². The average Bonchev–Trinajstić information content (AvgIpc) is 2.68. The molecule has 17 heavy (non-hydrogen) atoms. The SMILES string of the molecule is CS(=O)(=O)NCCCN=C(N)NC1CCCC1. The molecule has 0 bridgehead atoms. The van der Waals surface area contributed by atoms with Crippen molar-refractivity contribution < 1.29 is 8.42 Å². The molecule has 0 atom stereocenters. The molecule has 100 valence electrons. The Balaban J connectivity index is 2.10. The predicted molar refractivity (Wildman–Crippen MR) is 69.3 cm³/mol. The minimum atomic E-state index is -3.09. The van der Waals surface area contributed by atoms with Crippen LogP contribution in [0.1, 0.15) is 32.1 Å². The zero-order valence-corrected chi connectivity index (χ0v) is 11.1. The van der Waals surface area contributed by atoms with E-state index in [0.29, 0.717) is 31.5 Å². The normalized spacial score (nSPS) is 18.5. The van der Waals surface area contributed by atoms with Gasteiger partial charge in [-0.15, -0.1) is 0 Å².